The molecule has 0 aliphatic rings. The van der Waals surface area contributed by atoms with Gasteiger partial charge in [0.25, 0.3) is 5.56 Å². The molecular formula is C20H21N3O2. The Labute approximate surface area is 145 Å². The number of aryl methyl sites for hydroxylation is 1. The van der Waals surface area contributed by atoms with Gasteiger partial charge < -0.3 is 19.2 Å². The van der Waals surface area contributed by atoms with Gasteiger partial charge in [0.05, 0.1) is 16.6 Å². The molecule has 0 spiro atoms. The molecule has 0 bridgehead atoms. The molecule has 0 aliphatic heterocycles. The number of aromatic amines is 1. The molecule has 0 atom stereocenters. The Morgan fingerprint density at radius 1 is 1.00 bits per heavy atom. The lowest BCUT2D eigenvalue weighted by Gasteiger charge is -2.12. The molecule has 2 heterocycles. The van der Waals surface area contributed by atoms with Crippen LogP contribution in [0.5, 0.6) is 5.75 Å². The Morgan fingerprint density at radius 3 is 2.48 bits per heavy atom. The molecule has 25 heavy (non-hydrogen) atoms. The van der Waals surface area contributed by atoms with Crippen LogP contribution in [-0.2, 0) is 7.05 Å². The highest BCUT2D eigenvalue weighted by Gasteiger charge is 2.16. The minimum absolute atomic E-state index is 0.0606. The lowest BCUT2D eigenvalue weighted by molar-refractivity contribution is 0.263. The van der Waals surface area contributed by atoms with Gasteiger partial charge in [0.1, 0.15) is 12.4 Å². The Morgan fingerprint density at radius 2 is 1.72 bits per heavy atom. The summed E-state index contributed by atoms with van der Waals surface area (Å²) in [7, 11) is 6.07. The van der Waals surface area contributed by atoms with Crippen molar-refractivity contribution in [3.05, 3.63) is 52.8 Å². The number of fused-ring (bicyclic) bond motifs is 5. The topological polar surface area (TPSA) is 50.3 Å². The number of nitrogens with zero attached hydrogens (tertiary/aromatic N) is 2. The van der Waals surface area contributed by atoms with Gasteiger partial charge in [0, 0.05) is 29.8 Å². The van der Waals surface area contributed by atoms with Crippen LogP contribution in [0.15, 0.2) is 47.3 Å². The predicted molar refractivity (Wildman–Crippen MR) is 103 cm³/mol. The van der Waals surface area contributed by atoms with Crippen molar-refractivity contribution in [2.45, 2.75) is 0 Å². The summed E-state index contributed by atoms with van der Waals surface area (Å²) in [6, 6.07) is 13.7. The maximum Gasteiger partial charge on any atom is 0.256 e. The molecule has 0 unspecified atom stereocenters. The molecule has 0 radical (unpaired) electrons. The third-order valence-electron chi connectivity index (χ3n) is 4.64. The van der Waals surface area contributed by atoms with Crippen molar-refractivity contribution in [1.29, 1.82) is 0 Å². The molecule has 4 rings (SSSR count). The molecule has 0 fully saturated rings. The monoisotopic (exact) mass is 335 g/mol. The minimum Gasteiger partial charge on any atom is -0.490 e. The first-order chi connectivity index (χ1) is 12.1. The van der Waals surface area contributed by atoms with E-state index in [2.05, 4.69) is 14.5 Å². The molecule has 0 saturated heterocycles. The van der Waals surface area contributed by atoms with Gasteiger partial charge in [-0.3, -0.25) is 4.79 Å². The third-order valence-corrected chi connectivity index (χ3v) is 4.64. The number of benzene rings is 2. The van der Waals surface area contributed by atoms with Crippen LogP contribution in [0.25, 0.3) is 32.7 Å². The third kappa shape index (κ3) is 2.48. The second-order valence-electron chi connectivity index (χ2n) is 6.59. The number of hydrogen-bond acceptors (Lipinski definition) is 3. The highest BCUT2D eigenvalue weighted by Crippen LogP contribution is 2.35. The van der Waals surface area contributed by atoms with Crippen molar-refractivity contribution in [3.8, 4) is 5.75 Å². The van der Waals surface area contributed by atoms with Crippen LogP contribution in [0.1, 0.15) is 0 Å². The first kappa shape index (κ1) is 15.7. The van der Waals surface area contributed by atoms with E-state index in [1.807, 2.05) is 63.6 Å². The number of hydrogen-bond donors (Lipinski definition) is 1. The first-order valence-corrected chi connectivity index (χ1v) is 8.37. The maximum absolute atomic E-state index is 12.5. The fourth-order valence-electron chi connectivity index (χ4n) is 3.44. The lowest BCUT2D eigenvalue weighted by atomic mass is 10.1. The van der Waals surface area contributed by atoms with Gasteiger partial charge in [-0.25, -0.2) is 0 Å². The Bertz CT molecular complexity index is 1140. The van der Waals surface area contributed by atoms with E-state index < -0.39 is 0 Å². The van der Waals surface area contributed by atoms with Gasteiger partial charge >= 0.3 is 0 Å². The Hall–Kier alpha value is -2.79. The van der Waals surface area contributed by atoms with E-state index in [0.29, 0.717) is 12.0 Å². The summed E-state index contributed by atoms with van der Waals surface area (Å²) in [6.07, 6.45) is 0. The molecule has 4 aromatic rings. The van der Waals surface area contributed by atoms with Gasteiger partial charge in [-0.2, -0.15) is 0 Å². The molecule has 128 valence electrons. The molecule has 1 N–H and O–H groups in total. The predicted octanol–water partition coefficient (Wildman–Crippen LogP) is 3.11. The molecule has 0 saturated carbocycles. The van der Waals surface area contributed by atoms with Gasteiger partial charge in [-0.15, -0.1) is 0 Å². The normalized spacial score (nSPS) is 11.8. The van der Waals surface area contributed by atoms with Crippen LogP contribution < -0.4 is 10.3 Å². The SMILES string of the molecule is CN(C)CCOc1cccc2c3[nH]c(=O)c4ccccc4c3n(C)c12. The van der Waals surface area contributed by atoms with Crippen LogP contribution in [0.4, 0.5) is 0 Å². The van der Waals surface area contributed by atoms with E-state index in [1.165, 1.54) is 0 Å². The second-order valence-corrected chi connectivity index (χ2v) is 6.59. The standard InChI is InChI=1S/C20H21N3O2/c1-22(2)11-12-25-16-10-6-9-15-17-19(23(3)18(15)16)13-7-4-5-8-14(13)20(24)21-17/h4-10H,11-12H2,1-3H3,(H,21,24). The zero-order chi connectivity index (χ0) is 17.6. The van der Waals surface area contributed by atoms with Crippen molar-refractivity contribution in [3.63, 3.8) is 0 Å². The van der Waals surface area contributed by atoms with E-state index in [9.17, 15) is 4.79 Å². The zero-order valence-corrected chi connectivity index (χ0v) is 14.7. The Balaban J connectivity index is 2.01. The number of ether oxygens (including phenoxy) is 1. The lowest BCUT2D eigenvalue weighted by Crippen LogP contribution is -2.19. The number of aromatic nitrogens is 2. The van der Waals surface area contributed by atoms with Gasteiger partial charge in [-0.05, 0) is 26.2 Å². The van der Waals surface area contributed by atoms with Crippen LogP contribution >= 0.6 is 0 Å². The fraction of sp³-hybridized carbons (Fsp3) is 0.250. The van der Waals surface area contributed by atoms with Crippen molar-refractivity contribution >= 4 is 32.7 Å². The Kier molecular flexibility index (Phi) is 3.73. The van der Waals surface area contributed by atoms with Crippen LogP contribution in [0.2, 0.25) is 0 Å². The molecule has 2 aromatic heterocycles. The van der Waals surface area contributed by atoms with Crippen LogP contribution in [-0.4, -0.2) is 41.7 Å². The minimum atomic E-state index is -0.0606. The van der Waals surface area contributed by atoms with E-state index in [4.69, 9.17) is 4.74 Å². The van der Waals surface area contributed by atoms with Crippen molar-refractivity contribution in [2.75, 3.05) is 27.2 Å². The summed E-state index contributed by atoms with van der Waals surface area (Å²) in [5, 5.41) is 2.66. The van der Waals surface area contributed by atoms with Crippen LogP contribution in [0.3, 0.4) is 0 Å². The van der Waals surface area contributed by atoms with E-state index in [0.717, 1.165) is 39.6 Å². The summed E-state index contributed by atoms with van der Waals surface area (Å²) < 4.78 is 8.15. The smallest absolute Gasteiger partial charge is 0.256 e. The number of nitrogens with one attached hydrogen (secondary N) is 1. The summed E-state index contributed by atoms with van der Waals surface area (Å²) in [5.74, 6) is 0.836. The number of pyridine rings is 1. The molecule has 0 amide bonds. The number of rotatable bonds is 4. The fourth-order valence-corrected chi connectivity index (χ4v) is 3.44. The summed E-state index contributed by atoms with van der Waals surface area (Å²) in [5.41, 5.74) is 2.82. The largest absolute Gasteiger partial charge is 0.490 e. The maximum atomic E-state index is 12.5. The molecule has 5 heteroatoms. The molecular weight excluding hydrogens is 314 g/mol. The van der Waals surface area contributed by atoms with Gasteiger partial charge in [0.2, 0.25) is 0 Å². The molecule has 0 aliphatic carbocycles. The zero-order valence-electron chi connectivity index (χ0n) is 14.7. The quantitative estimate of drug-likeness (QED) is 0.623. The summed E-state index contributed by atoms with van der Waals surface area (Å²) in [4.78, 5) is 17.6. The number of H-pyrrole nitrogens is 1. The summed E-state index contributed by atoms with van der Waals surface area (Å²) >= 11 is 0. The average Bonchev–Trinajstić information content (AvgIpc) is 2.88. The highest BCUT2D eigenvalue weighted by molar-refractivity contribution is 6.16. The first-order valence-electron chi connectivity index (χ1n) is 8.37. The van der Waals surface area contributed by atoms with Crippen LogP contribution in [0, 0.1) is 0 Å². The van der Waals surface area contributed by atoms with Crippen molar-refractivity contribution in [1.82, 2.24) is 14.5 Å². The van der Waals surface area contributed by atoms with Crippen molar-refractivity contribution in [2.24, 2.45) is 7.05 Å². The molecule has 5 nitrogen and oxygen atoms in total. The average molecular weight is 335 g/mol. The van der Waals surface area contributed by atoms with Crippen molar-refractivity contribution < 1.29 is 4.74 Å². The second kappa shape index (κ2) is 5.93. The number of para-hydroxylation sites is 1. The van der Waals surface area contributed by atoms with Gasteiger partial charge in [-0.1, -0.05) is 30.3 Å². The van der Waals surface area contributed by atoms with E-state index in [-0.39, 0.29) is 5.56 Å². The van der Waals surface area contributed by atoms with E-state index >= 15 is 0 Å². The van der Waals surface area contributed by atoms with E-state index in [1.54, 1.807) is 0 Å². The van der Waals surface area contributed by atoms with Gasteiger partial charge in [0.15, 0.2) is 0 Å². The molecule has 2 aromatic carbocycles. The highest BCUT2D eigenvalue weighted by atomic mass is 16.5. The summed E-state index contributed by atoms with van der Waals surface area (Å²) in [6.45, 7) is 1.46. The number of likely N-dealkylation sites (N-methyl/N-ethyl adjacent to an activating group) is 1.